The molecule has 1 atom stereocenters. The fourth-order valence-corrected chi connectivity index (χ4v) is 2.90. The highest BCUT2D eigenvalue weighted by Crippen LogP contribution is 2.27. The second-order valence-electron chi connectivity index (χ2n) is 4.89. The summed E-state index contributed by atoms with van der Waals surface area (Å²) in [7, 11) is 0. The first-order valence-electron chi connectivity index (χ1n) is 6.84. The van der Waals surface area contributed by atoms with Crippen LogP contribution in [0.15, 0.2) is 46.9 Å². The lowest BCUT2D eigenvalue weighted by Crippen LogP contribution is -2.23. The van der Waals surface area contributed by atoms with E-state index in [-0.39, 0.29) is 0 Å². The second-order valence-corrected chi connectivity index (χ2v) is 6.19. The molecule has 0 saturated heterocycles. The van der Waals surface area contributed by atoms with Gasteiger partial charge in [0.25, 0.3) is 0 Å². The number of hydrogen-bond acceptors (Lipinski definition) is 1. The monoisotopic (exact) mass is 351 g/mol. The van der Waals surface area contributed by atoms with Gasteiger partial charge in [0.2, 0.25) is 0 Å². The van der Waals surface area contributed by atoms with Crippen molar-refractivity contribution in [3.63, 3.8) is 0 Å². The van der Waals surface area contributed by atoms with Crippen LogP contribution >= 0.6 is 27.5 Å². The van der Waals surface area contributed by atoms with Gasteiger partial charge in [-0.25, -0.2) is 0 Å². The third kappa shape index (κ3) is 3.85. The van der Waals surface area contributed by atoms with Crippen molar-refractivity contribution >= 4 is 27.5 Å². The SMILES string of the molecule is CCNC(Cc1ccc(Cl)cc1)c1cccc(Br)c1C. The summed E-state index contributed by atoms with van der Waals surface area (Å²) in [6.45, 7) is 5.25. The quantitative estimate of drug-likeness (QED) is 0.769. The molecule has 0 bridgehead atoms. The Kier molecular flexibility index (Phi) is 5.64. The van der Waals surface area contributed by atoms with Gasteiger partial charge >= 0.3 is 0 Å². The summed E-state index contributed by atoms with van der Waals surface area (Å²) >= 11 is 9.57. The molecule has 2 rings (SSSR count). The van der Waals surface area contributed by atoms with E-state index >= 15 is 0 Å². The minimum absolute atomic E-state index is 0.318. The number of hydrogen-bond donors (Lipinski definition) is 1. The smallest absolute Gasteiger partial charge is 0.0406 e. The van der Waals surface area contributed by atoms with E-state index < -0.39 is 0 Å². The van der Waals surface area contributed by atoms with Gasteiger partial charge in [-0.05, 0) is 54.8 Å². The third-order valence-corrected chi connectivity index (χ3v) is 4.60. The molecular weight excluding hydrogens is 334 g/mol. The number of rotatable bonds is 5. The van der Waals surface area contributed by atoms with E-state index in [1.165, 1.54) is 16.7 Å². The fraction of sp³-hybridized carbons (Fsp3) is 0.294. The molecule has 2 aromatic rings. The van der Waals surface area contributed by atoms with Crippen molar-refractivity contribution in [2.45, 2.75) is 26.3 Å². The van der Waals surface area contributed by atoms with Gasteiger partial charge < -0.3 is 5.32 Å². The maximum atomic E-state index is 5.95. The topological polar surface area (TPSA) is 12.0 Å². The van der Waals surface area contributed by atoms with E-state index in [1.54, 1.807) is 0 Å². The largest absolute Gasteiger partial charge is 0.310 e. The molecule has 1 N–H and O–H groups in total. The van der Waals surface area contributed by atoms with Crippen molar-refractivity contribution < 1.29 is 0 Å². The number of likely N-dealkylation sites (N-methyl/N-ethyl adjacent to an activating group) is 1. The predicted molar refractivity (Wildman–Crippen MR) is 90.5 cm³/mol. The fourth-order valence-electron chi connectivity index (χ4n) is 2.40. The zero-order valence-corrected chi connectivity index (χ0v) is 14.1. The highest BCUT2D eigenvalue weighted by molar-refractivity contribution is 9.10. The Morgan fingerprint density at radius 1 is 1.15 bits per heavy atom. The molecule has 2 aromatic carbocycles. The maximum absolute atomic E-state index is 5.95. The van der Waals surface area contributed by atoms with Crippen LogP contribution in [0.1, 0.15) is 29.7 Å². The molecule has 3 heteroatoms. The Bertz CT molecular complexity index is 566. The van der Waals surface area contributed by atoms with Crippen LogP contribution in [0.5, 0.6) is 0 Å². The normalized spacial score (nSPS) is 12.4. The van der Waals surface area contributed by atoms with Crippen molar-refractivity contribution in [1.82, 2.24) is 5.32 Å². The molecule has 0 aliphatic heterocycles. The molecule has 0 amide bonds. The molecule has 1 unspecified atom stereocenters. The van der Waals surface area contributed by atoms with Gasteiger partial charge in [-0.15, -0.1) is 0 Å². The third-order valence-electron chi connectivity index (χ3n) is 3.49. The number of halogens is 2. The predicted octanol–water partition coefficient (Wildman–Crippen LogP) is 5.30. The van der Waals surface area contributed by atoms with E-state index in [0.29, 0.717) is 6.04 Å². The summed E-state index contributed by atoms with van der Waals surface area (Å²) in [6.07, 6.45) is 0.961. The number of benzene rings is 2. The van der Waals surface area contributed by atoms with Gasteiger partial charge in [0.15, 0.2) is 0 Å². The zero-order chi connectivity index (χ0) is 14.5. The van der Waals surface area contributed by atoms with Crippen LogP contribution in [0, 0.1) is 6.92 Å². The summed E-state index contributed by atoms with van der Waals surface area (Å²) in [5.74, 6) is 0. The summed E-state index contributed by atoms with van der Waals surface area (Å²) in [4.78, 5) is 0. The van der Waals surface area contributed by atoms with Gasteiger partial charge in [0.05, 0.1) is 0 Å². The molecule has 0 heterocycles. The van der Waals surface area contributed by atoms with Gasteiger partial charge in [0.1, 0.15) is 0 Å². The van der Waals surface area contributed by atoms with Crippen LogP contribution in [0.4, 0.5) is 0 Å². The van der Waals surface area contributed by atoms with Crippen molar-refractivity contribution in [3.05, 3.63) is 68.7 Å². The average Bonchev–Trinajstić information content (AvgIpc) is 2.44. The van der Waals surface area contributed by atoms with E-state index in [2.05, 4.69) is 65.4 Å². The molecule has 20 heavy (non-hydrogen) atoms. The zero-order valence-electron chi connectivity index (χ0n) is 11.8. The average molecular weight is 353 g/mol. The Hall–Kier alpha value is -0.830. The molecule has 0 radical (unpaired) electrons. The van der Waals surface area contributed by atoms with Crippen LogP contribution < -0.4 is 5.32 Å². The molecule has 0 aliphatic rings. The number of nitrogens with one attached hydrogen (secondary N) is 1. The summed E-state index contributed by atoms with van der Waals surface area (Å²) in [5.41, 5.74) is 3.93. The lowest BCUT2D eigenvalue weighted by Gasteiger charge is -2.21. The highest BCUT2D eigenvalue weighted by Gasteiger charge is 2.14. The van der Waals surface area contributed by atoms with E-state index in [1.807, 2.05) is 12.1 Å². The molecule has 1 nitrogen and oxygen atoms in total. The van der Waals surface area contributed by atoms with E-state index in [9.17, 15) is 0 Å². The molecule has 0 fully saturated rings. The van der Waals surface area contributed by atoms with E-state index in [4.69, 9.17) is 11.6 Å². The molecule has 0 saturated carbocycles. The van der Waals surface area contributed by atoms with Crippen LogP contribution in [-0.2, 0) is 6.42 Å². The van der Waals surface area contributed by atoms with Crippen molar-refractivity contribution in [2.24, 2.45) is 0 Å². The Morgan fingerprint density at radius 3 is 2.50 bits per heavy atom. The maximum Gasteiger partial charge on any atom is 0.0406 e. The van der Waals surface area contributed by atoms with Crippen LogP contribution in [0.2, 0.25) is 5.02 Å². The van der Waals surface area contributed by atoms with Crippen LogP contribution in [0.25, 0.3) is 0 Å². The lowest BCUT2D eigenvalue weighted by molar-refractivity contribution is 0.547. The van der Waals surface area contributed by atoms with Gasteiger partial charge in [-0.1, -0.05) is 58.7 Å². The minimum Gasteiger partial charge on any atom is -0.310 e. The van der Waals surface area contributed by atoms with Gasteiger partial charge in [-0.2, -0.15) is 0 Å². The summed E-state index contributed by atoms with van der Waals surface area (Å²) in [5, 5.41) is 4.36. The minimum atomic E-state index is 0.318. The van der Waals surface area contributed by atoms with Crippen LogP contribution in [0.3, 0.4) is 0 Å². The first-order valence-corrected chi connectivity index (χ1v) is 8.01. The van der Waals surface area contributed by atoms with Crippen molar-refractivity contribution in [3.8, 4) is 0 Å². The van der Waals surface area contributed by atoms with Gasteiger partial charge in [0, 0.05) is 15.5 Å². The standard InChI is InChI=1S/C17H19BrClN/c1-3-20-17(11-13-7-9-14(19)10-8-13)15-5-4-6-16(18)12(15)2/h4-10,17,20H,3,11H2,1-2H3. The van der Waals surface area contributed by atoms with Crippen LogP contribution in [-0.4, -0.2) is 6.54 Å². The lowest BCUT2D eigenvalue weighted by atomic mass is 9.95. The van der Waals surface area contributed by atoms with E-state index in [0.717, 1.165) is 22.5 Å². The van der Waals surface area contributed by atoms with Crippen molar-refractivity contribution in [1.29, 1.82) is 0 Å². The Labute approximate surface area is 134 Å². The highest BCUT2D eigenvalue weighted by atomic mass is 79.9. The Morgan fingerprint density at radius 2 is 1.85 bits per heavy atom. The molecule has 0 spiro atoms. The molecular formula is C17H19BrClN. The first kappa shape index (κ1) is 15.6. The van der Waals surface area contributed by atoms with Crippen molar-refractivity contribution in [2.75, 3.05) is 6.54 Å². The second kappa shape index (κ2) is 7.26. The molecule has 0 aromatic heterocycles. The first-order chi connectivity index (χ1) is 9.61. The molecule has 106 valence electrons. The summed E-state index contributed by atoms with van der Waals surface area (Å²) in [6, 6.07) is 14.8. The van der Waals surface area contributed by atoms with Gasteiger partial charge in [-0.3, -0.25) is 0 Å². The molecule has 0 aliphatic carbocycles. The Balaban J connectivity index is 2.26. The summed E-state index contributed by atoms with van der Waals surface area (Å²) < 4.78 is 1.16.